The summed E-state index contributed by atoms with van der Waals surface area (Å²) < 4.78 is 2.16. The highest BCUT2D eigenvalue weighted by molar-refractivity contribution is 6.85. The van der Waals surface area contributed by atoms with Gasteiger partial charge in [0.05, 0.1) is 6.33 Å². The lowest BCUT2D eigenvalue weighted by molar-refractivity contribution is 0.543. The SMILES string of the molecule is CCC=CCCB(c1ccccc1)c1ccccc1.CCCCCCCCCCn1ccnc1. The topological polar surface area (TPSA) is 17.8 Å². The van der Waals surface area contributed by atoms with Crippen LogP contribution in [-0.2, 0) is 6.54 Å². The van der Waals surface area contributed by atoms with Crippen LogP contribution in [0.4, 0.5) is 0 Å². The zero-order chi connectivity index (χ0) is 24.1. The van der Waals surface area contributed by atoms with E-state index >= 15 is 0 Å². The Hall–Kier alpha value is -2.55. The molecule has 0 unspecified atom stereocenters. The Balaban J connectivity index is 0.000000248. The van der Waals surface area contributed by atoms with Gasteiger partial charge in [0.25, 0.3) is 0 Å². The molecule has 1 heterocycles. The van der Waals surface area contributed by atoms with Crippen LogP contribution in [-0.4, -0.2) is 16.3 Å². The van der Waals surface area contributed by atoms with Crippen molar-refractivity contribution < 1.29 is 0 Å². The van der Waals surface area contributed by atoms with Crippen molar-refractivity contribution in [1.82, 2.24) is 9.55 Å². The minimum atomic E-state index is 0.504. The maximum atomic E-state index is 4.03. The lowest BCUT2D eigenvalue weighted by Gasteiger charge is -2.13. The van der Waals surface area contributed by atoms with Crippen molar-refractivity contribution in [2.45, 2.75) is 90.9 Å². The van der Waals surface area contributed by atoms with Gasteiger partial charge in [0, 0.05) is 18.9 Å². The lowest BCUT2D eigenvalue weighted by atomic mass is 9.38. The average molecular weight is 457 g/mol. The van der Waals surface area contributed by atoms with E-state index in [0.717, 1.165) is 19.4 Å². The summed E-state index contributed by atoms with van der Waals surface area (Å²) in [5.74, 6) is 0. The molecule has 0 aliphatic rings. The number of rotatable bonds is 15. The first-order valence-electron chi connectivity index (χ1n) is 13.6. The van der Waals surface area contributed by atoms with Gasteiger partial charge in [0.1, 0.15) is 0 Å². The fraction of sp³-hybridized carbons (Fsp3) is 0.452. The molecule has 2 nitrogen and oxygen atoms in total. The largest absolute Gasteiger partial charge is 0.337 e. The third kappa shape index (κ3) is 12.1. The Labute approximate surface area is 209 Å². The van der Waals surface area contributed by atoms with E-state index in [1.807, 2.05) is 18.7 Å². The van der Waals surface area contributed by atoms with Crippen molar-refractivity contribution >= 4 is 17.6 Å². The Morgan fingerprint density at radius 3 is 1.85 bits per heavy atom. The van der Waals surface area contributed by atoms with Gasteiger partial charge >= 0.3 is 0 Å². The maximum absolute atomic E-state index is 4.03. The van der Waals surface area contributed by atoms with Crippen molar-refractivity contribution in [2.24, 2.45) is 0 Å². The number of aromatic nitrogens is 2. The smallest absolute Gasteiger partial charge is 0.209 e. The molecule has 3 aromatic rings. The van der Waals surface area contributed by atoms with E-state index in [9.17, 15) is 0 Å². The monoisotopic (exact) mass is 456 g/mol. The van der Waals surface area contributed by atoms with Crippen LogP contribution in [0.25, 0.3) is 0 Å². The van der Waals surface area contributed by atoms with Crippen LogP contribution in [0.5, 0.6) is 0 Å². The number of allylic oxidation sites excluding steroid dienone is 2. The molecule has 2 aromatic carbocycles. The normalized spacial score (nSPS) is 10.8. The number of unbranched alkanes of at least 4 members (excludes halogenated alkanes) is 7. The predicted octanol–water partition coefficient (Wildman–Crippen LogP) is 7.68. The quantitative estimate of drug-likeness (QED) is 0.130. The van der Waals surface area contributed by atoms with E-state index in [-0.39, 0.29) is 0 Å². The van der Waals surface area contributed by atoms with Crippen molar-refractivity contribution in [3.05, 3.63) is 91.5 Å². The number of hydrogen-bond acceptors (Lipinski definition) is 1. The van der Waals surface area contributed by atoms with E-state index in [1.54, 1.807) is 0 Å². The Morgan fingerprint density at radius 2 is 1.32 bits per heavy atom. The van der Waals surface area contributed by atoms with Crippen LogP contribution in [0.2, 0.25) is 6.32 Å². The first-order chi connectivity index (χ1) is 16.8. The molecule has 0 saturated heterocycles. The number of imidazole rings is 1. The van der Waals surface area contributed by atoms with Crippen molar-refractivity contribution in [3.63, 3.8) is 0 Å². The lowest BCUT2D eigenvalue weighted by Crippen LogP contribution is -2.41. The van der Waals surface area contributed by atoms with Crippen LogP contribution in [0.3, 0.4) is 0 Å². The highest BCUT2D eigenvalue weighted by Gasteiger charge is 2.17. The molecule has 1 aromatic heterocycles. The van der Waals surface area contributed by atoms with Crippen LogP contribution in [0, 0.1) is 0 Å². The van der Waals surface area contributed by atoms with Crippen LogP contribution in [0.1, 0.15) is 78.1 Å². The summed E-state index contributed by atoms with van der Waals surface area (Å²) in [7, 11) is 0. The molecular formula is C31H45BN2. The second-order valence-corrected chi connectivity index (χ2v) is 9.11. The van der Waals surface area contributed by atoms with Crippen molar-refractivity contribution in [3.8, 4) is 0 Å². The second kappa shape index (κ2) is 18.8. The zero-order valence-corrected chi connectivity index (χ0v) is 21.6. The summed E-state index contributed by atoms with van der Waals surface area (Å²) in [4.78, 5) is 4.03. The molecule has 34 heavy (non-hydrogen) atoms. The fourth-order valence-corrected chi connectivity index (χ4v) is 4.29. The summed E-state index contributed by atoms with van der Waals surface area (Å²) in [5, 5.41) is 0. The van der Waals surface area contributed by atoms with Gasteiger partial charge in [-0.15, -0.1) is 0 Å². The molecule has 0 saturated carbocycles. The first-order valence-corrected chi connectivity index (χ1v) is 13.6. The predicted molar refractivity (Wildman–Crippen MR) is 152 cm³/mol. The molecule has 0 radical (unpaired) electrons. The Bertz CT molecular complexity index is 804. The molecule has 3 heteroatoms. The third-order valence-electron chi connectivity index (χ3n) is 6.26. The zero-order valence-electron chi connectivity index (χ0n) is 21.6. The molecule has 182 valence electrons. The summed E-state index contributed by atoms with van der Waals surface area (Å²) in [5.41, 5.74) is 2.83. The molecule has 0 bridgehead atoms. The first kappa shape index (κ1) is 27.7. The molecule has 3 rings (SSSR count). The summed E-state index contributed by atoms with van der Waals surface area (Å²) in [6, 6.07) is 21.6. The standard InChI is InChI=1S/C18H21B.C13H24N2/c1-2-3-4-11-16-19(17-12-7-5-8-13-17)18-14-9-6-10-15-18;1-2-3-4-5-6-7-8-9-11-15-12-10-14-13-15/h3-10,12-15H,2,11,16H2,1H3;10,12-13H,2-9,11H2,1H3. The number of hydrogen-bond donors (Lipinski definition) is 0. The maximum Gasteiger partial charge on any atom is 0.209 e. The second-order valence-electron chi connectivity index (χ2n) is 9.11. The molecule has 0 atom stereocenters. The molecule has 0 amide bonds. The van der Waals surface area contributed by atoms with Crippen molar-refractivity contribution in [1.29, 1.82) is 0 Å². The molecular weight excluding hydrogens is 411 g/mol. The van der Waals surface area contributed by atoms with Gasteiger partial charge < -0.3 is 4.57 Å². The molecule has 0 N–H and O–H groups in total. The number of nitrogens with zero attached hydrogens (tertiary/aromatic N) is 2. The van der Waals surface area contributed by atoms with Crippen LogP contribution >= 0.6 is 0 Å². The van der Waals surface area contributed by atoms with E-state index in [0.29, 0.717) is 6.71 Å². The average Bonchev–Trinajstić information content (AvgIpc) is 3.41. The van der Waals surface area contributed by atoms with Gasteiger partial charge in [0.15, 0.2) is 0 Å². The molecule has 0 aliphatic heterocycles. The van der Waals surface area contributed by atoms with Crippen LogP contribution in [0.15, 0.2) is 91.5 Å². The summed E-state index contributed by atoms with van der Waals surface area (Å²) >= 11 is 0. The fourth-order valence-electron chi connectivity index (χ4n) is 4.29. The third-order valence-corrected chi connectivity index (χ3v) is 6.26. The highest BCUT2D eigenvalue weighted by Crippen LogP contribution is 2.09. The molecule has 0 aliphatic carbocycles. The van der Waals surface area contributed by atoms with Gasteiger partial charge in [-0.1, -0.05) is 149 Å². The molecule has 0 spiro atoms. The van der Waals surface area contributed by atoms with Crippen LogP contribution < -0.4 is 10.9 Å². The Morgan fingerprint density at radius 1 is 0.735 bits per heavy atom. The van der Waals surface area contributed by atoms with E-state index in [2.05, 4.69) is 96.2 Å². The van der Waals surface area contributed by atoms with Crippen molar-refractivity contribution in [2.75, 3.05) is 0 Å². The van der Waals surface area contributed by atoms with Gasteiger partial charge in [-0.05, 0) is 19.3 Å². The summed E-state index contributed by atoms with van der Waals surface area (Å²) in [6.07, 6.45) is 24.9. The van der Waals surface area contributed by atoms with E-state index in [1.165, 1.54) is 68.6 Å². The highest BCUT2D eigenvalue weighted by atomic mass is 15.0. The summed E-state index contributed by atoms with van der Waals surface area (Å²) in [6.45, 7) is 6.09. The van der Waals surface area contributed by atoms with Gasteiger partial charge in [-0.25, -0.2) is 4.98 Å². The molecule has 0 fully saturated rings. The van der Waals surface area contributed by atoms with E-state index in [4.69, 9.17) is 0 Å². The minimum absolute atomic E-state index is 0.504. The van der Waals surface area contributed by atoms with Gasteiger partial charge in [-0.3, -0.25) is 0 Å². The van der Waals surface area contributed by atoms with Gasteiger partial charge in [-0.2, -0.15) is 0 Å². The van der Waals surface area contributed by atoms with E-state index < -0.39 is 0 Å². The number of aryl methyl sites for hydroxylation is 1. The Kier molecular flexibility index (Phi) is 15.3. The number of benzene rings is 2. The minimum Gasteiger partial charge on any atom is -0.337 e. The van der Waals surface area contributed by atoms with Gasteiger partial charge in [0.2, 0.25) is 6.71 Å².